The molecule has 1 N–H and O–H groups in total. The summed E-state index contributed by atoms with van der Waals surface area (Å²) in [6.07, 6.45) is 1.82. The molecule has 0 amide bonds. The van der Waals surface area contributed by atoms with Gasteiger partial charge >= 0.3 is 0 Å². The van der Waals surface area contributed by atoms with Crippen molar-refractivity contribution in [3.8, 4) is 11.4 Å². The van der Waals surface area contributed by atoms with E-state index in [-0.39, 0.29) is 0 Å². The largest absolute Gasteiger partial charge is 0.339 e. The number of aromatic nitrogens is 2. The van der Waals surface area contributed by atoms with Gasteiger partial charge in [0.15, 0.2) is 0 Å². The maximum absolute atomic E-state index is 5.31. The van der Waals surface area contributed by atoms with E-state index in [4.69, 9.17) is 4.52 Å². The van der Waals surface area contributed by atoms with Crippen LogP contribution in [-0.4, -0.2) is 22.7 Å². The molecule has 0 aliphatic heterocycles. The second-order valence-corrected chi connectivity index (χ2v) is 6.00. The summed E-state index contributed by atoms with van der Waals surface area (Å²) in [6.45, 7) is 9.63. The van der Waals surface area contributed by atoms with Gasteiger partial charge in [0.2, 0.25) is 11.7 Å². The second-order valence-electron chi connectivity index (χ2n) is 6.00. The third kappa shape index (κ3) is 4.67. The highest BCUT2D eigenvalue weighted by Crippen LogP contribution is 2.20. The standard InChI is InChI=1S/C17H25N3O/c1-12(2)14-7-9-15(10-8-14)17-19-16(21-20-17)6-5-11-18-13(3)4/h7-10,12-13,18H,5-6,11H2,1-4H3. The monoisotopic (exact) mass is 287 g/mol. The first kappa shape index (κ1) is 15.7. The molecule has 2 rings (SSSR count). The Balaban J connectivity index is 1.93. The summed E-state index contributed by atoms with van der Waals surface area (Å²) in [5, 5.41) is 7.45. The van der Waals surface area contributed by atoms with E-state index in [1.54, 1.807) is 0 Å². The minimum Gasteiger partial charge on any atom is -0.339 e. The molecule has 2 aromatic rings. The zero-order chi connectivity index (χ0) is 15.2. The van der Waals surface area contributed by atoms with E-state index in [1.165, 1.54) is 5.56 Å². The maximum atomic E-state index is 5.31. The first-order chi connectivity index (χ1) is 10.1. The van der Waals surface area contributed by atoms with Gasteiger partial charge in [-0.15, -0.1) is 0 Å². The van der Waals surface area contributed by atoms with Gasteiger partial charge in [-0.1, -0.05) is 57.1 Å². The topological polar surface area (TPSA) is 51.0 Å². The van der Waals surface area contributed by atoms with Gasteiger partial charge < -0.3 is 9.84 Å². The van der Waals surface area contributed by atoms with Crippen LogP contribution in [0.15, 0.2) is 28.8 Å². The summed E-state index contributed by atoms with van der Waals surface area (Å²) in [5.41, 5.74) is 2.33. The van der Waals surface area contributed by atoms with Crippen LogP contribution in [0.4, 0.5) is 0 Å². The molecule has 21 heavy (non-hydrogen) atoms. The molecule has 0 saturated carbocycles. The van der Waals surface area contributed by atoms with Crippen molar-refractivity contribution in [2.45, 2.75) is 52.5 Å². The fourth-order valence-corrected chi connectivity index (χ4v) is 2.12. The Bertz CT molecular complexity index is 543. The zero-order valence-corrected chi connectivity index (χ0v) is 13.4. The molecule has 4 nitrogen and oxygen atoms in total. The molecule has 0 spiro atoms. The molecule has 0 saturated heterocycles. The number of nitrogens with zero attached hydrogens (tertiary/aromatic N) is 2. The molecule has 1 aromatic carbocycles. The molecule has 0 fully saturated rings. The fourth-order valence-electron chi connectivity index (χ4n) is 2.12. The van der Waals surface area contributed by atoms with Gasteiger partial charge in [-0.3, -0.25) is 0 Å². The maximum Gasteiger partial charge on any atom is 0.227 e. The number of hydrogen-bond acceptors (Lipinski definition) is 4. The van der Waals surface area contributed by atoms with Crippen LogP contribution in [0, 0.1) is 0 Å². The van der Waals surface area contributed by atoms with E-state index in [9.17, 15) is 0 Å². The Morgan fingerprint density at radius 1 is 1.10 bits per heavy atom. The minimum atomic E-state index is 0.516. The van der Waals surface area contributed by atoms with Gasteiger partial charge in [-0.2, -0.15) is 4.98 Å². The Morgan fingerprint density at radius 2 is 1.81 bits per heavy atom. The molecule has 1 aromatic heterocycles. The van der Waals surface area contributed by atoms with Gasteiger partial charge in [-0.05, 0) is 24.4 Å². The van der Waals surface area contributed by atoms with Gasteiger partial charge in [0.05, 0.1) is 0 Å². The molecule has 0 radical (unpaired) electrons. The molecule has 4 heteroatoms. The first-order valence-corrected chi connectivity index (χ1v) is 7.72. The lowest BCUT2D eigenvalue weighted by molar-refractivity contribution is 0.374. The average Bonchev–Trinajstić information content (AvgIpc) is 2.92. The second kappa shape index (κ2) is 7.36. The van der Waals surface area contributed by atoms with Crippen LogP contribution < -0.4 is 5.32 Å². The molecule has 0 atom stereocenters. The Hall–Kier alpha value is -1.68. The SMILES string of the molecule is CC(C)NCCCc1nc(-c2ccc(C(C)C)cc2)no1. The molecular weight excluding hydrogens is 262 g/mol. The van der Waals surface area contributed by atoms with Crippen molar-refractivity contribution in [1.29, 1.82) is 0 Å². The quantitative estimate of drug-likeness (QED) is 0.787. The third-order valence-electron chi connectivity index (χ3n) is 3.42. The van der Waals surface area contributed by atoms with Crippen LogP contribution >= 0.6 is 0 Å². The summed E-state index contributed by atoms with van der Waals surface area (Å²) in [4.78, 5) is 4.47. The predicted octanol–water partition coefficient (Wildman–Crippen LogP) is 3.79. The predicted molar refractivity (Wildman–Crippen MR) is 85.3 cm³/mol. The highest BCUT2D eigenvalue weighted by Gasteiger charge is 2.09. The van der Waals surface area contributed by atoms with Crippen molar-refractivity contribution in [3.63, 3.8) is 0 Å². The molecule has 0 aliphatic rings. The summed E-state index contributed by atoms with van der Waals surface area (Å²) in [6, 6.07) is 8.89. The fraction of sp³-hybridized carbons (Fsp3) is 0.529. The summed E-state index contributed by atoms with van der Waals surface area (Å²) >= 11 is 0. The van der Waals surface area contributed by atoms with E-state index in [1.807, 2.05) is 0 Å². The third-order valence-corrected chi connectivity index (χ3v) is 3.42. The first-order valence-electron chi connectivity index (χ1n) is 7.72. The van der Waals surface area contributed by atoms with Crippen molar-refractivity contribution in [3.05, 3.63) is 35.7 Å². The van der Waals surface area contributed by atoms with Crippen LogP contribution in [-0.2, 0) is 6.42 Å². The van der Waals surface area contributed by atoms with E-state index in [0.29, 0.717) is 23.7 Å². The Labute approximate surface area is 127 Å². The van der Waals surface area contributed by atoms with Crippen molar-refractivity contribution in [2.24, 2.45) is 0 Å². The zero-order valence-electron chi connectivity index (χ0n) is 13.4. The lowest BCUT2D eigenvalue weighted by atomic mass is 10.0. The highest BCUT2D eigenvalue weighted by atomic mass is 16.5. The number of benzene rings is 1. The normalized spacial score (nSPS) is 11.5. The molecule has 0 bridgehead atoms. The minimum absolute atomic E-state index is 0.516. The Kier molecular flexibility index (Phi) is 5.51. The van der Waals surface area contributed by atoms with Crippen LogP contribution in [0.5, 0.6) is 0 Å². The number of rotatable bonds is 7. The van der Waals surface area contributed by atoms with E-state index >= 15 is 0 Å². The van der Waals surface area contributed by atoms with E-state index in [2.05, 4.69) is 67.4 Å². The molecular formula is C17H25N3O. The van der Waals surface area contributed by atoms with Gasteiger partial charge in [0, 0.05) is 18.0 Å². The summed E-state index contributed by atoms with van der Waals surface area (Å²) < 4.78 is 5.31. The van der Waals surface area contributed by atoms with E-state index < -0.39 is 0 Å². The smallest absolute Gasteiger partial charge is 0.227 e. The van der Waals surface area contributed by atoms with Crippen LogP contribution in [0.3, 0.4) is 0 Å². The van der Waals surface area contributed by atoms with Crippen LogP contribution in [0.1, 0.15) is 51.5 Å². The molecule has 0 aliphatic carbocycles. The Morgan fingerprint density at radius 3 is 2.43 bits per heavy atom. The van der Waals surface area contributed by atoms with Gasteiger partial charge in [0.1, 0.15) is 0 Å². The molecule has 1 heterocycles. The molecule has 114 valence electrons. The number of hydrogen-bond donors (Lipinski definition) is 1. The van der Waals surface area contributed by atoms with Crippen molar-refractivity contribution in [1.82, 2.24) is 15.5 Å². The van der Waals surface area contributed by atoms with E-state index in [0.717, 1.165) is 24.9 Å². The number of aryl methyl sites for hydroxylation is 1. The van der Waals surface area contributed by atoms with Crippen molar-refractivity contribution >= 4 is 0 Å². The van der Waals surface area contributed by atoms with Gasteiger partial charge in [0.25, 0.3) is 0 Å². The number of nitrogens with one attached hydrogen (secondary N) is 1. The van der Waals surface area contributed by atoms with Crippen LogP contribution in [0.25, 0.3) is 11.4 Å². The summed E-state index contributed by atoms with van der Waals surface area (Å²) in [7, 11) is 0. The van der Waals surface area contributed by atoms with Gasteiger partial charge in [-0.25, -0.2) is 0 Å². The highest BCUT2D eigenvalue weighted by molar-refractivity contribution is 5.54. The van der Waals surface area contributed by atoms with Crippen LogP contribution in [0.2, 0.25) is 0 Å². The summed E-state index contributed by atoms with van der Waals surface area (Å²) in [5.74, 6) is 1.92. The average molecular weight is 287 g/mol. The lowest BCUT2D eigenvalue weighted by Gasteiger charge is -2.05. The van der Waals surface area contributed by atoms with Crippen molar-refractivity contribution < 1.29 is 4.52 Å². The lowest BCUT2D eigenvalue weighted by Crippen LogP contribution is -2.23. The molecule has 0 unspecified atom stereocenters. The van der Waals surface area contributed by atoms with Crippen molar-refractivity contribution in [2.75, 3.05) is 6.54 Å².